The highest BCUT2D eigenvalue weighted by molar-refractivity contribution is 5.87. The van der Waals surface area contributed by atoms with Crippen molar-refractivity contribution in [3.8, 4) is 0 Å². The number of carboxylic acid groups (broad SMARTS) is 1. The van der Waals surface area contributed by atoms with E-state index in [9.17, 15) is 14.4 Å². The van der Waals surface area contributed by atoms with Gasteiger partial charge < -0.3 is 26.2 Å². The molecule has 0 aliphatic heterocycles. The molecule has 1 unspecified atom stereocenters. The molecular weight excluding hydrogens is 230 g/mol. The van der Waals surface area contributed by atoms with E-state index in [2.05, 4.69) is 5.32 Å². The van der Waals surface area contributed by atoms with Gasteiger partial charge in [-0.15, -0.1) is 0 Å². The van der Waals surface area contributed by atoms with Gasteiger partial charge in [0, 0.05) is 13.6 Å². The monoisotopic (exact) mass is 247 g/mol. The summed E-state index contributed by atoms with van der Waals surface area (Å²) in [5.74, 6) is -2.17. The van der Waals surface area contributed by atoms with Gasteiger partial charge >= 0.3 is 12.0 Å². The molecule has 2 atom stereocenters. The lowest BCUT2D eigenvalue weighted by Crippen LogP contribution is -2.49. The molecule has 0 heterocycles. The van der Waals surface area contributed by atoms with Gasteiger partial charge in [-0.1, -0.05) is 0 Å². The first-order chi connectivity index (χ1) is 7.73. The number of nitrogens with two attached hydrogens (primary N) is 1. The summed E-state index contributed by atoms with van der Waals surface area (Å²) >= 11 is 0. The summed E-state index contributed by atoms with van der Waals surface area (Å²) in [7, 11) is 1.39. The minimum atomic E-state index is -1.36. The third-order valence-electron chi connectivity index (χ3n) is 1.89. The molecule has 0 aromatic heterocycles. The lowest BCUT2D eigenvalue weighted by Gasteiger charge is -2.21. The van der Waals surface area contributed by atoms with Crippen LogP contribution in [0.3, 0.4) is 0 Å². The second kappa shape index (κ2) is 6.69. The Morgan fingerprint density at radius 3 is 2.29 bits per heavy atom. The van der Waals surface area contributed by atoms with Gasteiger partial charge in [0.1, 0.15) is 6.04 Å². The van der Waals surface area contributed by atoms with Gasteiger partial charge in [-0.05, 0) is 6.92 Å². The van der Waals surface area contributed by atoms with Crippen LogP contribution >= 0.6 is 0 Å². The summed E-state index contributed by atoms with van der Waals surface area (Å²) in [5, 5.41) is 19.9. The zero-order chi connectivity index (χ0) is 13.6. The van der Waals surface area contributed by atoms with Gasteiger partial charge in [-0.2, -0.15) is 0 Å². The van der Waals surface area contributed by atoms with E-state index >= 15 is 0 Å². The summed E-state index contributed by atoms with van der Waals surface area (Å²) in [4.78, 5) is 33.9. The molecule has 0 aliphatic carbocycles. The Balaban J connectivity index is 4.39. The quantitative estimate of drug-likeness (QED) is 0.445. The smallest absolute Gasteiger partial charge is 0.326 e. The molecule has 8 nitrogen and oxygen atoms in total. The van der Waals surface area contributed by atoms with E-state index < -0.39 is 36.5 Å². The van der Waals surface area contributed by atoms with Crippen molar-refractivity contribution in [1.82, 2.24) is 10.2 Å². The standard InChI is InChI=1S/C9H17N3O5/c1-5(13)4-12(2)9(17)11-6(8(15)16)3-7(10)14/h5-6,13H,3-4H2,1-2H3,(H2,10,14)(H,11,17)(H,15,16)/t5?,6-/m1/s1. The maximum atomic E-state index is 11.5. The van der Waals surface area contributed by atoms with Crippen LogP contribution in [-0.2, 0) is 9.59 Å². The van der Waals surface area contributed by atoms with Crippen LogP contribution in [0.1, 0.15) is 13.3 Å². The second-order valence-electron chi connectivity index (χ2n) is 3.74. The van der Waals surface area contributed by atoms with Crippen LogP contribution < -0.4 is 11.1 Å². The van der Waals surface area contributed by atoms with E-state index in [0.717, 1.165) is 4.90 Å². The van der Waals surface area contributed by atoms with Crippen LogP contribution in [0, 0.1) is 0 Å². The first kappa shape index (κ1) is 15.2. The number of carbonyl (C=O) groups is 3. The van der Waals surface area contributed by atoms with Gasteiger partial charge in [-0.3, -0.25) is 4.79 Å². The predicted molar refractivity (Wildman–Crippen MR) is 58.1 cm³/mol. The Bertz CT molecular complexity index is 305. The minimum absolute atomic E-state index is 0.0503. The predicted octanol–water partition coefficient (Wildman–Crippen LogP) is -1.66. The average molecular weight is 247 g/mol. The molecule has 0 aromatic rings. The van der Waals surface area contributed by atoms with E-state index in [1.807, 2.05) is 0 Å². The first-order valence-corrected chi connectivity index (χ1v) is 4.94. The summed E-state index contributed by atoms with van der Waals surface area (Å²) < 4.78 is 0. The Hall–Kier alpha value is -1.83. The van der Waals surface area contributed by atoms with Gasteiger partial charge in [0.15, 0.2) is 0 Å². The topological polar surface area (TPSA) is 133 Å². The van der Waals surface area contributed by atoms with Gasteiger partial charge in [0.25, 0.3) is 0 Å². The number of carbonyl (C=O) groups excluding carboxylic acids is 2. The number of likely N-dealkylation sites (N-methyl/N-ethyl adjacent to an activating group) is 1. The molecule has 5 N–H and O–H groups in total. The van der Waals surface area contributed by atoms with Crippen molar-refractivity contribution in [3.05, 3.63) is 0 Å². The largest absolute Gasteiger partial charge is 0.480 e. The number of carboxylic acids is 1. The van der Waals surface area contributed by atoms with E-state index in [1.165, 1.54) is 14.0 Å². The third-order valence-corrected chi connectivity index (χ3v) is 1.89. The number of hydrogen-bond acceptors (Lipinski definition) is 4. The van der Waals surface area contributed by atoms with Crippen molar-refractivity contribution in [2.75, 3.05) is 13.6 Å². The van der Waals surface area contributed by atoms with Gasteiger partial charge in [0.2, 0.25) is 5.91 Å². The van der Waals surface area contributed by atoms with Crippen LogP contribution in [0.25, 0.3) is 0 Å². The molecule has 0 aliphatic rings. The Morgan fingerprint density at radius 1 is 1.41 bits per heavy atom. The zero-order valence-electron chi connectivity index (χ0n) is 9.71. The van der Waals surface area contributed by atoms with E-state index in [-0.39, 0.29) is 6.54 Å². The number of aliphatic hydroxyl groups is 1. The molecule has 0 fully saturated rings. The lowest BCUT2D eigenvalue weighted by atomic mass is 10.2. The molecule has 98 valence electrons. The number of amides is 3. The highest BCUT2D eigenvalue weighted by atomic mass is 16.4. The van der Waals surface area contributed by atoms with Crippen LogP contribution in [0.4, 0.5) is 4.79 Å². The van der Waals surface area contributed by atoms with E-state index in [1.54, 1.807) is 0 Å². The van der Waals surface area contributed by atoms with Crippen molar-refractivity contribution >= 4 is 17.9 Å². The molecule has 0 saturated heterocycles. The average Bonchev–Trinajstić information content (AvgIpc) is 2.14. The SMILES string of the molecule is CC(O)CN(C)C(=O)N[C@H](CC(N)=O)C(=O)O. The Morgan fingerprint density at radius 2 is 1.94 bits per heavy atom. The molecular formula is C9H17N3O5. The van der Waals surface area contributed by atoms with Crippen LogP contribution in [-0.4, -0.2) is 58.8 Å². The van der Waals surface area contributed by atoms with Crippen molar-refractivity contribution in [2.45, 2.75) is 25.5 Å². The van der Waals surface area contributed by atoms with E-state index in [4.69, 9.17) is 15.9 Å². The minimum Gasteiger partial charge on any atom is -0.480 e. The van der Waals surface area contributed by atoms with Crippen molar-refractivity contribution in [1.29, 1.82) is 0 Å². The summed E-state index contributed by atoms with van der Waals surface area (Å²) in [6.45, 7) is 1.54. The number of hydrogen-bond donors (Lipinski definition) is 4. The normalized spacial score (nSPS) is 13.6. The fourth-order valence-corrected chi connectivity index (χ4v) is 1.14. The fourth-order valence-electron chi connectivity index (χ4n) is 1.14. The first-order valence-electron chi connectivity index (χ1n) is 4.94. The summed E-state index contributed by atoms with van der Waals surface area (Å²) in [6.07, 6.45) is -1.21. The molecule has 0 aromatic carbocycles. The second-order valence-corrected chi connectivity index (χ2v) is 3.74. The molecule has 0 rings (SSSR count). The maximum Gasteiger partial charge on any atom is 0.326 e. The molecule has 17 heavy (non-hydrogen) atoms. The van der Waals surface area contributed by atoms with Crippen molar-refractivity contribution in [3.63, 3.8) is 0 Å². The molecule has 0 spiro atoms. The number of aliphatic carboxylic acids is 1. The number of urea groups is 1. The van der Waals surface area contributed by atoms with Crippen LogP contribution in [0.15, 0.2) is 0 Å². The lowest BCUT2D eigenvalue weighted by molar-refractivity contribution is -0.140. The van der Waals surface area contributed by atoms with E-state index in [0.29, 0.717) is 0 Å². The summed E-state index contributed by atoms with van der Waals surface area (Å²) in [6, 6.07) is -2.06. The Labute approximate surface area is 98.4 Å². The van der Waals surface area contributed by atoms with Crippen LogP contribution in [0.2, 0.25) is 0 Å². The highest BCUT2D eigenvalue weighted by Gasteiger charge is 2.23. The molecule has 8 heteroatoms. The fraction of sp³-hybridized carbons (Fsp3) is 0.667. The number of aliphatic hydroxyl groups excluding tert-OH is 1. The zero-order valence-corrected chi connectivity index (χ0v) is 9.71. The number of rotatable bonds is 6. The van der Waals surface area contributed by atoms with Crippen LogP contribution in [0.5, 0.6) is 0 Å². The Kier molecular flexibility index (Phi) is 5.97. The summed E-state index contributed by atoms with van der Waals surface area (Å²) in [5.41, 5.74) is 4.86. The molecule has 0 bridgehead atoms. The number of nitrogens with zero attached hydrogens (tertiary/aromatic N) is 1. The maximum absolute atomic E-state index is 11.5. The third kappa shape index (κ3) is 6.36. The van der Waals surface area contributed by atoms with Gasteiger partial charge in [0.05, 0.1) is 12.5 Å². The highest BCUT2D eigenvalue weighted by Crippen LogP contribution is 1.95. The molecule has 3 amide bonds. The molecule has 0 saturated carbocycles. The number of nitrogens with one attached hydrogen (secondary N) is 1. The van der Waals surface area contributed by atoms with Crippen molar-refractivity contribution in [2.24, 2.45) is 5.73 Å². The molecule has 0 radical (unpaired) electrons. The van der Waals surface area contributed by atoms with Gasteiger partial charge in [-0.25, -0.2) is 9.59 Å². The number of primary amides is 1. The van der Waals surface area contributed by atoms with Crippen molar-refractivity contribution < 1.29 is 24.6 Å².